The molecule has 0 aliphatic carbocycles. The molecule has 0 aromatic heterocycles. The van der Waals surface area contributed by atoms with Crippen molar-refractivity contribution in [1.29, 1.82) is 0 Å². The Morgan fingerprint density at radius 3 is 2.89 bits per heavy atom. The van der Waals surface area contributed by atoms with E-state index in [0.29, 0.717) is 22.2 Å². The number of nitrogens with one attached hydrogen (secondary N) is 1. The number of amides is 1. The molecule has 1 amide bonds. The highest BCUT2D eigenvalue weighted by Crippen LogP contribution is 2.22. The first kappa shape index (κ1) is 12.4. The van der Waals surface area contributed by atoms with E-state index in [-0.39, 0.29) is 17.4 Å². The number of phenolic OH excluding ortho intramolecular Hbond substituents is 2. The summed E-state index contributed by atoms with van der Waals surface area (Å²) >= 11 is 1.27. The molecule has 0 atom stereocenters. The molecule has 18 heavy (non-hydrogen) atoms. The quantitative estimate of drug-likeness (QED) is 0.423. The van der Waals surface area contributed by atoms with E-state index in [1.165, 1.54) is 30.0 Å². The second kappa shape index (κ2) is 5.09. The van der Waals surface area contributed by atoms with Crippen LogP contribution in [0.25, 0.3) is 0 Å². The van der Waals surface area contributed by atoms with Crippen LogP contribution in [0.4, 0.5) is 0 Å². The lowest BCUT2D eigenvalue weighted by Crippen LogP contribution is -2.19. The number of phenols is 2. The predicted octanol–water partition coefficient (Wildman–Crippen LogP) is 1.04. The summed E-state index contributed by atoms with van der Waals surface area (Å²) in [7, 11) is 0. The number of rotatable bonds is 2. The molecule has 1 aliphatic heterocycles. The Balaban J connectivity index is 2.23. The zero-order chi connectivity index (χ0) is 13.1. The highest BCUT2D eigenvalue weighted by Gasteiger charge is 2.16. The minimum atomic E-state index is -0.105. The molecule has 1 aliphatic rings. The lowest BCUT2D eigenvalue weighted by atomic mass is 10.1. The molecule has 94 valence electrons. The van der Waals surface area contributed by atoms with E-state index in [4.69, 9.17) is 0 Å². The summed E-state index contributed by atoms with van der Waals surface area (Å²) in [5.41, 5.74) is 0.839. The standard InChI is InChI=1S/C11H11N3O3S/c1-6(8-4-7(15)2-3-9(8)16)13-14-11-12-10(17)5-18-11/h2-4,15-16H,5H2,1H3,(H,12,14,17)/b13-6+. The van der Waals surface area contributed by atoms with Crippen LogP contribution < -0.4 is 5.32 Å². The highest BCUT2D eigenvalue weighted by molar-refractivity contribution is 8.15. The molecule has 0 saturated carbocycles. The summed E-state index contributed by atoms with van der Waals surface area (Å²) in [4.78, 5) is 10.9. The van der Waals surface area contributed by atoms with Crippen LogP contribution in [0.5, 0.6) is 11.5 Å². The highest BCUT2D eigenvalue weighted by atomic mass is 32.2. The van der Waals surface area contributed by atoms with Gasteiger partial charge in [0.25, 0.3) is 0 Å². The van der Waals surface area contributed by atoms with Gasteiger partial charge in [0.15, 0.2) is 5.17 Å². The molecular weight excluding hydrogens is 254 g/mol. The van der Waals surface area contributed by atoms with Crippen LogP contribution in [0, 0.1) is 0 Å². The van der Waals surface area contributed by atoms with Crippen molar-refractivity contribution in [3.05, 3.63) is 23.8 Å². The first-order chi connectivity index (χ1) is 8.56. The van der Waals surface area contributed by atoms with Crippen molar-refractivity contribution in [3.8, 4) is 11.5 Å². The van der Waals surface area contributed by atoms with Crippen molar-refractivity contribution in [3.63, 3.8) is 0 Å². The number of carbonyl (C=O) groups is 1. The zero-order valence-corrected chi connectivity index (χ0v) is 10.4. The van der Waals surface area contributed by atoms with Gasteiger partial charge in [-0.05, 0) is 25.1 Å². The number of amidine groups is 1. The summed E-state index contributed by atoms with van der Waals surface area (Å²) < 4.78 is 0. The van der Waals surface area contributed by atoms with Gasteiger partial charge in [0.1, 0.15) is 11.5 Å². The number of hydrogen-bond acceptors (Lipinski definition) is 6. The normalized spacial score (nSPS) is 18.2. The number of aromatic hydroxyl groups is 2. The van der Waals surface area contributed by atoms with Gasteiger partial charge in [-0.3, -0.25) is 4.79 Å². The summed E-state index contributed by atoms with van der Waals surface area (Å²) in [6, 6.07) is 4.16. The molecule has 3 N–H and O–H groups in total. The third kappa shape index (κ3) is 2.80. The molecule has 1 saturated heterocycles. The number of benzene rings is 1. The number of carbonyl (C=O) groups excluding carboxylic acids is 1. The maximum atomic E-state index is 10.9. The molecule has 1 aromatic carbocycles. The third-order valence-electron chi connectivity index (χ3n) is 2.25. The molecule has 7 heteroatoms. The van der Waals surface area contributed by atoms with Crippen molar-refractivity contribution < 1.29 is 15.0 Å². The van der Waals surface area contributed by atoms with Gasteiger partial charge in [0.05, 0.1) is 11.5 Å². The third-order valence-corrected chi connectivity index (χ3v) is 3.11. The topological polar surface area (TPSA) is 94.3 Å². The SMILES string of the molecule is C/C(=N\N=C1/NC(=O)CS1)c1cc(O)ccc1O. The zero-order valence-electron chi connectivity index (χ0n) is 9.54. The van der Waals surface area contributed by atoms with E-state index >= 15 is 0 Å². The van der Waals surface area contributed by atoms with Crippen molar-refractivity contribution in [2.75, 3.05) is 5.75 Å². The van der Waals surface area contributed by atoms with E-state index in [2.05, 4.69) is 15.5 Å². The molecule has 1 aromatic rings. The van der Waals surface area contributed by atoms with Crippen LogP contribution in [-0.4, -0.2) is 32.8 Å². The Kier molecular flexibility index (Phi) is 3.52. The predicted molar refractivity (Wildman–Crippen MR) is 70.0 cm³/mol. The van der Waals surface area contributed by atoms with Crippen LogP contribution in [0.3, 0.4) is 0 Å². The maximum Gasteiger partial charge on any atom is 0.236 e. The van der Waals surface area contributed by atoms with Crippen LogP contribution in [0.2, 0.25) is 0 Å². The van der Waals surface area contributed by atoms with Crippen LogP contribution in [-0.2, 0) is 4.79 Å². The fourth-order valence-corrected chi connectivity index (χ4v) is 1.99. The smallest absolute Gasteiger partial charge is 0.236 e. The van der Waals surface area contributed by atoms with Gasteiger partial charge in [-0.1, -0.05) is 11.8 Å². The van der Waals surface area contributed by atoms with Gasteiger partial charge in [0, 0.05) is 5.56 Å². The average Bonchev–Trinajstić information content (AvgIpc) is 2.75. The molecule has 0 spiro atoms. The summed E-state index contributed by atoms with van der Waals surface area (Å²) in [6.45, 7) is 1.65. The molecule has 0 bridgehead atoms. The Morgan fingerprint density at radius 1 is 1.44 bits per heavy atom. The average molecular weight is 265 g/mol. The molecular formula is C11H11N3O3S. The van der Waals surface area contributed by atoms with Gasteiger partial charge < -0.3 is 15.5 Å². The molecule has 1 heterocycles. The van der Waals surface area contributed by atoms with Gasteiger partial charge in [-0.2, -0.15) is 5.10 Å². The minimum Gasteiger partial charge on any atom is -0.508 e. The first-order valence-electron chi connectivity index (χ1n) is 5.13. The number of hydrogen-bond donors (Lipinski definition) is 3. The van der Waals surface area contributed by atoms with Crippen molar-refractivity contribution in [1.82, 2.24) is 5.32 Å². The maximum absolute atomic E-state index is 10.9. The fourth-order valence-electron chi connectivity index (χ4n) is 1.37. The fraction of sp³-hybridized carbons (Fsp3) is 0.182. The minimum absolute atomic E-state index is 0.0114. The second-order valence-electron chi connectivity index (χ2n) is 3.63. The van der Waals surface area contributed by atoms with E-state index in [1.807, 2.05) is 0 Å². The lowest BCUT2D eigenvalue weighted by molar-refractivity contribution is -0.116. The van der Waals surface area contributed by atoms with Gasteiger partial charge >= 0.3 is 0 Å². The van der Waals surface area contributed by atoms with Gasteiger partial charge in [-0.25, -0.2) is 0 Å². The van der Waals surface area contributed by atoms with Crippen molar-refractivity contribution >= 4 is 28.5 Å². The largest absolute Gasteiger partial charge is 0.508 e. The molecule has 0 radical (unpaired) electrons. The van der Waals surface area contributed by atoms with E-state index < -0.39 is 0 Å². The van der Waals surface area contributed by atoms with E-state index in [0.717, 1.165) is 0 Å². The molecule has 1 fully saturated rings. The van der Waals surface area contributed by atoms with Crippen LogP contribution in [0.15, 0.2) is 28.4 Å². The first-order valence-corrected chi connectivity index (χ1v) is 6.12. The Morgan fingerprint density at radius 2 is 2.22 bits per heavy atom. The van der Waals surface area contributed by atoms with E-state index in [9.17, 15) is 15.0 Å². The number of nitrogens with zero attached hydrogens (tertiary/aromatic N) is 2. The Hall–Kier alpha value is -2.02. The summed E-state index contributed by atoms with van der Waals surface area (Å²) in [5.74, 6) is 0.280. The van der Waals surface area contributed by atoms with Crippen LogP contribution in [0.1, 0.15) is 12.5 Å². The summed E-state index contributed by atoms with van der Waals surface area (Å²) in [6.07, 6.45) is 0. The Labute approximate surface area is 107 Å². The monoisotopic (exact) mass is 265 g/mol. The second-order valence-corrected chi connectivity index (χ2v) is 4.59. The molecule has 6 nitrogen and oxygen atoms in total. The van der Waals surface area contributed by atoms with Crippen molar-refractivity contribution in [2.45, 2.75) is 6.92 Å². The van der Waals surface area contributed by atoms with Gasteiger partial charge in [-0.15, -0.1) is 5.10 Å². The molecule has 0 unspecified atom stereocenters. The van der Waals surface area contributed by atoms with E-state index in [1.54, 1.807) is 6.92 Å². The summed E-state index contributed by atoms with van der Waals surface area (Å²) in [5, 5.41) is 29.7. The van der Waals surface area contributed by atoms with Gasteiger partial charge in [0.2, 0.25) is 5.91 Å². The number of thioether (sulfide) groups is 1. The molecule has 2 rings (SSSR count). The Bertz CT molecular complexity index is 554. The lowest BCUT2D eigenvalue weighted by Gasteiger charge is -2.03. The van der Waals surface area contributed by atoms with Crippen molar-refractivity contribution in [2.24, 2.45) is 10.2 Å². The van der Waals surface area contributed by atoms with Crippen LogP contribution >= 0.6 is 11.8 Å².